The van der Waals surface area contributed by atoms with Crippen molar-refractivity contribution in [3.8, 4) is 0 Å². The maximum absolute atomic E-state index is 12.0. The molecule has 0 saturated carbocycles. The Morgan fingerprint density at radius 2 is 1.96 bits per heavy atom. The van der Waals surface area contributed by atoms with Gasteiger partial charge in [0, 0.05) is 31.7 Å². The predicted octanol–water partition coefficient (Wildman–Crippen LogP) is 2.67. The summed E-state index contributed by atoms with van der Waals surface area (Å²) in [4.78, 5) is 18.4. The quantitative estimate of drug-likeness (QED) is 0.627. The van der Waals surface area contributed by atoms with E-state index in [1.807, 2.05) is 17.0 Å². The third-order valence-corrected chi connectivity index (χ3v) is 3.88. The molecule has 5 nitrogen and oxygen atoms in total. The molecule has 0 spiro atoms. The number of piperidine rings is 1. The topological polar surface area (TPSA) is 56.7 Å². The van der Waals surface area contributed by atoms with Crippen molar-refractivity contribution in [2.24, 2.45) is 4.99 Å². The zero-order valence-electron chi connectivity index (χ0n) is 14.3. The number of nitrogens with one attached hydrogen (secondary N) is 2. The molecule has 2 rings (SSSR count). The van der Waals surface area contributed by atoms with Gasteiger partial charge in [-0.25, -0.2) is 4.99 Å². The average molecular weight is 316 g/mol. The van der Waals surface area contributed by atoms with Gasteiger partial charge in [0.15, 0.2) is 5.96 Å². The molecular weight excluding hydrogens is 288 g/mol. The molecule has 2 N–H and O–H groups in total. The maximum Gasteiger partial charge on any atom is 0.226 e. The Labute approximate surface area is 139 Å². The second-order valence-electron chi connectivity index (χ2n) is 5.79. The molecule has 126 valence electrons. The number of carbonyl (C=O) groups is 1. The van der Waals surface area contributed by atoms with Crippen LogP contribution in [-0.2, 0) is 11.3 Å². The molecule has 1 aliphatic rings. The van der Waals surface area contributed by atoms with E-state index >= 15 is 0 Å². The monoisotopic (exact) mass is 316 g/mol. The lowest BCUT2D eigenvalue weighted by molar-refractivity contribution is -0.119. The number of carbonyl (C=O) groups excluding carboxylic acids is 1. The smallest absolute Gasteiger partial charge is 0.226 e. The number of nitrogens with zero attached hydrogens (tertiary/aromatic N) is 2. The van der Waals surface area contributed by atoms with Gasteiger partial charge in [-0.3, -0.25) is 4.79 Å². The minimum Gasteiger partial charge on any atom is -0.357 e. The van der Waals surface area contributed by atoms with Gasteiger partial charge in [0.1, 0.15) is 0 Å². The SMILES string of the molecule is CCCNC(=NCc1ccc(N2CCCCC2=O)cc1)NCC. The summed E-state index contributed by atoms with van der Waals surface area (Å²) in [6, 6.07) is 8.18. The van der Waals surface area contributed by atoms with Gasteiger partial charge in [0.25, 0.3) is 0 Å². The molecule has 23 heavy (non-hydrogen) atoms. The van der Waals surface area contributed by atoms with Crippen LogP contribution in [0.15, 0.2) is 29.3 Å². The van der Waals surface area contributed by atoms with Gasteiger partial charge in [0.2, 0.25) is 5.91 Å². The highest BCUT2D eigenvalue weighted by molar-refractivity contribution is 5.93. The fraction of sp³-hybridized carbons (Fsp3) is 0.556. The van der Waals surface area contributed by atoms with Crippen LogP contribution in [0.5, 0.6) is 0 Å². The van der Waals surface area contributed by atoms with Crippen molar-refractivity contribution in [2.75, 3.05) is 24.5 Å². The van der Waals surface area contributed by atoms with Gasteiger partial charge in [-0.15, -0.1) is 0 Å². The third-order valence-electron chi connectivity index (χ3n) is 3.88. The summed E-state index contributed by atoms with van der Waals surface area (Å²) in [6.45, 7) is 7.44. The highest BCUT2D eigenvalue weighted by Gasteiger charge is 2.19. The van der Waals surface area contributed by atoms with E-state index in [2.05, 4.69) is 41.6 Å². The van der Waals surface area contributed by atoms with Crippen molar-refractivity contribution in [2.45, 2.75) is 46.1 Å². The predicted molar refractivity (Wildman–Crippen MR) is 95.8 cm³/mol. The molecule has 0 radical (unpaired) electrons. The molecule has 1 aromatic rings. The molecule has 5 heteroatoms. The first-order valence-corrected chi connectivity index (χ1v) is 8.66. The van der Waals surface area contributed by atoms with E-state index in [1.165, 1.54) is 0 Å². The van der Waals surface area contributed by atoms with Crippen molar-refractivity contribution in [1.29, 1.82) is 0 Å². The average Bonchev–Trinajstić information content (AvgIpc) is 2.58. The van der Waals surface area contributed by atoms with Crippen molar-refractivity contribution in [3.05, 3.63) is 29.8 Å². The van der Waals surface area contributed by atoms with Crippen LogP contribution in [0.3, 0.4) is 0 Å². The lowest BCUT2D eigenvalue weighted by atomic mass is 10.1. The summed E-state index contributed by atoms with van der Waals surface area (Å²) in [6.07, 6.45) is 3.84. The molecular formula is C18H28N4O. The van der Waals surface area contributed by atoms with Gasteiger partial charge >= 0.3 is 0 Å². The standard InChI is InChI=1S/C18H28N4O/c1-3-12-20-18(19-4-2)21-14-15-8-10-16(11-9-15)22-13-6-5-7-17(22)23/h8-11H,3-7,12-14H2,1-2H3,(H2,19,20,21). The van der Waals surface area contributed by atoms with Gasteiger partial charge in [0.05, 0.1) is 6.54 Å². The van der Waals surface area contributed by atoms with Crippen LogP contribution in [0.1, 0.15) is 45.1 Å². The fourth-order valence-electron chi connectivity index (χ4n) is 2.62. The summed E-state index contributed by atoms with van der Waals surface area (Å²) >= 11 is 0. The number of amides is 1. The van der Waals surface area contributed by atoms with Crippen LogP contribution in [0, 0.1) is 0 Å². The number of rotatable bonds is 6. The van der Waals surface area contributed by atoms with Crippen molar-refractivity contribution < 1.29 is 4.79 Å². The third kappa shape index (κ3) is 5.27. The van der Waals surface area contributed by atoms with E-state index in [4.69, 9.17) is 0 Å². The minimum absolute atomic E-state index is 0.236. The van der Waals surface area contributed by atoms with Crippen LogP contribution in [0.25, 0.3) is 0 Å². The Kier molecular flexibility index (Phi) is 6.91. The summed E-state index contributed by atoms with van der Waals surface area (Å²) < 4.78 is 0. The van der Waals surface area contributed by atoms with E-state index in [0.29, 0.717) is 13.0 Å². The minimum atomic E-state index is 0.236. The summed E-state index contributed by atoms with van der Waals surface area (Å²) in [5.74, 6) is 1.09. The van der Waals surface area contributed by atoms with Crippen molar-refractivity contribution >= 4 is 17.6 Å². The molecule has 1 fully saturated rings. The maximum atomic E-state index is 12.0. The molecule has 0 atom stereocenters. The van der Waals surface area contributed by atoms with Crippen molar-refractivity contribution in [1.82, 2.24) is 10.6 Å². The highest BCUT2D eigenvalue weighted by atomic mass is 16.2. The number of anilines is 1. The van der Waals surface area contributed by atoms with Crippen LogP contribution >= 0.6 is 0 Å². The van der Waals surface area contributed by atoms with Gasteiger partial charge in [-0.1, -0.05) is 19.1 Å². The first kappa shape index (κ1) is 17.3. The second kappa shape index (κ2) is 9.18. The van der Waals surface area contributed by atoms with E-state index in [0.717, 1.165) is 56.1 Å². The van der Waals surface area contributed by atoms with Crippen LogP contribution in [0.4, 0.5) is 5.69 Å². The van der Waals surface area contributed by atoms with Crippen LogP contribution in [-0.4, -0.2) is 31.5 Å². The zero-order valence-corrected chi connectivity index (χ0v) is 14.3. The number of benzene rings is 1. The largest absolute Gasteiger partial charge is 0.357 e. The van der Waals surface area contributed by atoms with E-state index in [9.17, 15) is 4.79 Å². The van der Waals surface area contributed by atoms with Crippen LogP contribution in [0.2, 0.25) is 0 Å². The first-order valence-electron chi connectivity index (χ1n) is 8.66. The molecule has 0 aromatic heterocycles. The number of hydrogen-bond acceptors (Lipinski definition) is 2. The molecule has 0 bridgehead atoms. The molecule has 0 unspecified atom stereocenters. The van der Waals surface area contributed by atoms with Crippen molar-refractivity contribution in [3.63, 3.8) is 0 Å². The molecule has 1 aliphatic heterocycles. The zero-order chi connectivity index (χ0) is 16.5. The lowest BCUT2D eigenvalue weighted by Gasteiger charge is -2.26. The Hall–Kier alpha value is -2.04. The summed E-state index contributed by atoms with van der Waals surface area (Å²) in [7, 11) is 0. The Bertz CT molecular complexity index is 524. The normalized spacial score (nSPS) is 15.7. The van der Waals surface area contributed by atoms with Gasteiger partial charge < -0.3 is 15.5 Å². The number of hydrogen-bond donors (Lipinski definition) is 2. The van der Waals surface area contributed by atoms with Crippen LogP contribution < -0.4 is 15.5 Å². The second-order valence-corrected chi connectivity index (χ2v) is 5.79. The van der Waals surface area contributed by atoms with E-state index in [1.54, 1.807) is 0 Å². The number of aliphatic imine (C=N–C) groups is 1. The molecule has 1 heterocycles. The highest BCUT2D eigenvalue weighted by Crippen LogP contribution is 2.21. The van der Waals surface area contributed by atoms with Gasteiger partial charge in [-0.2, -0.15) is 0 Å². The molecule has 1 saturated heterocycles. The van der Waals surface area contributed by atoms with Gasteiger partial charge in [-0.05, 0) is 43.9 Å². The van der Waals surface area contributed by atoms with E-state index in [-0.39, 0.29) is 5.91 Å². The number of guanidine groups is 1. The summed E-state index contributed by atoms with van der Waals surface area (Å²) in [5, 5.41) is 6.54. The lowest BCUT2D eigenvalue weighted by Crippen LogP contribution is -2.37. The molecule has 1 amide bonds. The molecule has 0 aliphatic carbocycles. The Morgan fingerprint density at radius 1 is 1.17 bits per heavy atom. The Balaban J connectivity index is 1.97. The first-order chi connectivity index (χ1) is 11.2. The fourth-order valence-corrected chi connectivity index (χ4v) is 2.62. The molecule has 1 aromatic carbocycles. The van der Waals surface area contributed by atoms with E-state index < -0.39 is 0 Å². The summed E-state index contributed by atoms with van der Waals surface area (Å²) in [5.41, 5.74) is 2.14. The Morgan fingerprint density at radius 3 is 2.61 bits per heavy atom.